The zero-order chi connectivity index (χ0) is 19.4. The molecule has 140 valence electrons. The van der Waals surface area contributed by atoms with Crippen molar-refractivity contribution < 1.29 is 9.59 Å². The second kappa shape index (κ2) is 8.16. The van der Waals surface area contributed by atoms with Crippen LogP contribution in [-0.2, 0) is 4.79 Å². The first-order valence-electron chi connectivity index (χ1n) is 9.30. The van der Waals surface area contributed by atoms with Crippen molar-refractivity contribution in [3.63, 3.8) is 0 Å². The Hall–Kier alpha value is -2.95. The van der Waals surface area contributed by atoms with Gasteiger partial charge in [0.1, 0.15) is 0 Å². The Bertz CT molecular complexity index is 865. The molecule has 2 amide bonds. The van der Waals surface area contributed by atoms with Crippen LogP contribution >= 0.6 is 0 Å². The minimum Gasteiger partial charge on any atom is -0.326 e. The first-order chi connectivity index (χ1) is 12.9. The number of carbonyl (C=O) groups is 2. The number of nitrogens with zero attached hydrogens (tertiary/aromatic N) is 1. The van der Waals surface area contributed by atoms with Crippen LogP contribution in [0.2, 0.25) is 0 Å². The highest BCUT2D eigenvalue weighted by molar-refractivity contribution is 6.02. The maximum absolute atomic E-state index is 12.3. The number of rotatable bonds is 6. The van der Waals surface area contributed by atoms with E-state index in [-0.39, 0.29) is 17.7 Å². The van der Waals surface area contributed by atoms with Crippen LogP contribution in [0, 0.1) is 5.92 Å². The lowest BCUT2D eigenvalue weighted by Crippen LogP contribution is -2.19. The Kier molecular flexibility index (Phi) is 5.69. The summed E-state index contributed by atoms with van der Waals surface area (Å²) in [5, 5.41) is 7.12. The predicted molar refractivity (Wildman–Crippen MR) is 108 cm³/mol. The van der Waals surface area contributed by atoms with E-state index in [1.165, 1.54) is 5.56 Å². The summed E-state index contributed by atoms with van der Waals surface area (Å²) in [4.78, 5) is 24.2. The average Bonchev–Trinajstić information content (AvgIpc) is 3.51. The maximum Gasteiger partial charge on any atom is 0.271 e. The van der Waals surface area contributed by atoms with Crippen molar-refractivity contribution in [2.75, 3.05) is 5.32 Å². The molecule has 0 aromatic heterocycles. The van der Waals surface area contributed by atoms with Crippen LogP contribution in [0.25, 0.3) is 0 Å². The third kappa shape index (κ3) is 5.03. The van der Waals surface area contributed by atoms with Gasteiger partial charge in [-0.3, -0.25) is 9.59 Å². The fraction of sp³-hybridized carbons (Fsp3) is 0.318. The molecule has 0 saturated heterocycles. The summed E-state index contributed by atoms with van der Waals surface area (Å²) >= 11 is 0. The normalized spacial score (nSPS) is 14.1. The monoisotopic (exact) mass is 363 g/mol. The molecule has 0 aliphatic heterocycles. The molecule has 2 N–H and O–H groups in total. The van der Waals surface area contributed by atoms with Gasteiger partial charge in [0.05, 0.1) is 5.71 Å². The summed E-state index contributed by atoms with van der Waals surface area (Å²) in [5.41, 5.74) is 6.62. The van der Waals surface area contributed by atoms with E-state index in [1.807, 2.05) is 55.5 Å². The third-order valence-electron chi connectivity index (χ3n) is 4.66. The average molecular weight is 363 g/mol. The number of hydrogen-bond acceptors (Lipinski definition) is 3. The lowest BCUT2D eigenvalue weighted by molar-refractivity contribution is -0.117. The topological polar surface area (TPSA) is 70.6 Å². The van der Waals surface area contributed by atoms with Gasteiger partial charge in [0.15, 0.2) is 0 Å². The van der Waals surface area contributed by atoms with Crippen LogP contribution in [0.4, 0.5) is 5.69 Å². The molecule has 5 nitrogen and oxygen atoms in total. The zero-order valence-electron chi connectivity index (χ0n) is 16.0. The van der Waals surface area contributed by atoms with Crippen LogP contribution in [0.15, 0.2) is 53.6 Å². The summed E-state index contributed by atoms with van der Waals surface area (Å²) in [5.74, 6) is 0.405. The number of benzene rings is 2. The van der Waals surface area contributed by atoms with Gasteiger partial charge < -0.3 is 5.32 Å². The third-order valence-corrected chi connectivity index (χ3v) is 4.66. The van der Waals surface area contributed by atoms with Crippen molar-refractivity contribution in [3.05, 3.63) is 65.2 Å². The second-order valence-electron chi connectivity index (χ2n) is 7.26. The van der Waals surface area contributed by atoms with Crippen LogP contribution in [0.3, 0.4) is 0 Å². The van der Waals surface area contributed by atoms with E-state index in [0.717, 1.165) is 24.1 Å². The summed E-state index contributed by atoms with van der Waals surface area (Å²) in [6.07, 6.45) is 1.94. The first kappa shape index (κ1) is 18.8. The molecule has 0 unspecified atom stereocenters. The first-order valence-corrected chi connectivity index (χ1v) is 9.30. The molecule has 1 saturated carbocycles. The summed E-state index contributed by atoms with van der Waals surface area (Å²) in [6.45, 7) is 6.05. The van der Waals surface area contributed by atoms with Gasteiger partial charge in [-0.15, -0.1) is 0 Å². The lowest BCUT2D eigenvalue weighted by atomic mass is 10.0. The number of carbonyl (C=O) groups excluding carboxylic acids is 2. The molecule has 0 heterocycles. The van der Waals surface area contributed by atoms with Crippen molar-refractivity contribution >= 4 is 23.2 Å². The van der Waals surface area contributed by atoms with E-state index >= 15 is 0 Å². The van der Waals surface area contributed by atoms with E-state index in [1.54, 1.807) is 0 Å². The molecule has 0 atom stereocenters. The van der Waals surface area contributed by atoms with E-state index in [4.69, 9.17) is 0 Å². The highest BCUT2D eigenvalue weighted by Gasteiger charge is 2.29. The number of anilines is 1. The highest BCUT2D eigenvalue weighted by Crippen LogP contribution is 2.30. The molecule has 0 spiro atoms. The molecule has 2 aromatic rings. The molecule has 1 aliphatic carbocycles. The lowest BCUT2D eigenvalue weighted by Gasteiger charge is -2.08. The van der Waals surface area contributed by atoms with Crippen LogP contribution in [-0.4, -0.2) is 17.5 Å². The summed E-state index contributed by atoms with van der Waals surface area (Å²) < 4.78 is 0. The van der Waals surface area contributed by atoms with Crippen molar-refractivity contribution in [2.45, 2.75) is 39.5 Å². The molecule has 1 aliphatic rings. The Morgan fingerprint density at radius 1 is 1.04 bits per heavy atom. The minimum absolute atomic E-state index is 0.0693. The number of amides is 2. The maximum atomic E-state index is 12.3. The molecule has 3 rings (SSSR count). The quantitative estimate of drug-likeness (QED) is 0.593. The van der Waals surface area contributed by atoms with Crippen molar-refractivity contribution in [3.8, 4) is 0 Å². The SMILES string of the molecule is C/C(=N/NC(=O)c1ccc(C(C)C)cc1)c1cccc(NC(=O)C2CC2)c1. The summed E-state index contributed by atoms with van der Waals surface area (Å²) in [6, 6.07) is 15.0. The van der Waals surface area contributed by atoms with Crippen molar-refractivity contribution in [1.82, 2.24) is 5.43 Å². The van der Waals surface area contributed by atoms with Gasteiger partial charge in [0.25, 0.3) is 5.91 Å². The Morgan fingerprint density at radius 3 is 2.37 bits per heavy atom. The zero-order valence-corrected chi connectivity index (χ0v) is 16.0. The summed E-state index contributed by atoms with van der Waals surface area (Å²) in [7, 11) is 0. The largest absolute Gasteiger partial charge is 0.326 e. The number of hydrazone groups is 1. The van der Waals surface area contributed by atoms with Gasteiger partial charge in [-0.05, 0) is 61.1 Å². The van der Waals surface area contributed by atoms with Gasteiger partial charge in [-0.2, -0.15) is 5.10 Å². The van der Waals surface area contributed by atoms with Gasteiger partial charge in [0.2, 0.25) is 5.91 Å². The molecule has 5 heteroatoms. The second-order valence-corrected chi connectivity index (χ2v) is 7.26. The standard InChI is InChI=1S/C22H25N3O2/c1-14(2)16-7-9-18(10-8-16)22(27)25-24-15(3)19-5-4-6-20(13-19)23-21(26)17-11-12-17/h4-10,13-14,17H,11-12H2,1-3H3,(H,23,26)(H,25,27)/b24-15-. The van der Waals surface area contributed by atoms with Crippen molar-refractivity contribution in [1.29, 1.82) is 0 Å². The number of hydrogen-bond donors (Lipinski definition) is 2. The molecular weight excluding hydrogens is 338 g/mol. The van der Waals surface area contributed by atoms with E-state index in [2.05, 4.69) is 29.7 Å². The van der Waals surface area contributed by atoms with Gasteiger partial charge in [-0.1, -0.05) is 38.1 Å². The van der Waals surface area contributed by atoms with Crippen LogP contribution in [0.5, 0.6) is 0 Å². The predicted octanol–water partition coefficient (Wildman–Crippen LogP) is 4.31. The molecular formula is C22H25N3O2. The van der Waals surface area contributed by atoms with Gasteiger partial charge >= 0.3 is 0 Å². The van der Waals surface area contributed by atoms with Crippen LogP contribution < -0.4 is 10.7 Å². The van der Waals surface area contributed by atoms with Gasteiger partial charge in [0, 0.05) is 17.2 Å². The Balaban J connectivity index is 1.64. The molecule has 1 fully saturated rings. The van der Waals surface area contributed by atoms with E-state index < -0.39 is 0 Å². The molecule has 0 bridgehead atoms. The van der Waals surface area contributed by atoms with E-state index in [9.17, 15) is 9.59 Å². The fourth-order valence-corrected chi connectivity index (χ4v) is 2.69. The minimum atomic E-state index is -0.247. The van der Waals surface area contributed by atoms with Gasteiger partial charge in [-0.25, -0.2) is 5.43 Å². The molecule has 0 radical (unpaired) electrons. The van der Waals surface area contributed by atoms with Crippen LogP contribution in [0.1, 0.15) is 61.0 Å². The number of nitrogens with one attached hydrogen (secondary N) is 2. The molecule has 2 aromatic carbocycles. The fourth-order valence-electron chi connectivity index (χ4n) is 2.69. The highest BCUT2D eigenvalue weighted by atomic mass is 16.2. The Labute approximate surface area is 159 Å². The van der Waals surface area contributed by atoms with E-state index in [0.29, 0.717) is 17.2 Å². The smallest absolute Gasteiger partial charge is 0.271 e. The molecule has 27 heavy (non-hydrogen) atoms. The van der Waals surface area contributed by atoms with Crippen molar-refractivity contribution in [2.24, 2.45) is 11.0 Å². The Morgan fingerprint density at radius 2 is 1.74 bits per heavy atom.